The van der Waals surface area contributed by atoms with Crippen molar-refractivity contribution in [3.05, 3.63) is 17.5 Å². The van der Waals surface area contributed by atoms with E-state index in [1.807, 2.05) is 4.68 Å². The Morgan fingerprint density at radius 2 is 2.12 bits per heavy atom. The molecule has 0 aromatic carbocycles. The second kappa shape index (κ2) is 4.21. The van der Waals surface area contributed by atoms with Crippen LogP contribution in [0.2, 0.25) is 0 Å². The highest BCUT2D eigenvalue weighted by molar-refractivity contribution is 5.20. The van der Waals surface area contributed by atoms with E-state index in [0.29, 0.717) is 6.04 Å². The summed E-state index contributed by atoms with van der Waals surface area (Å²) in [5.41, 5.74) is 2.67. The van der Waals surface area contributed by atoms with E-state index in [1.165, 1.54) is 30.7 Å². The van der Waals surface area contributed by atoms with Crippen LogP contribution in [-0.2, 0) is 12.5 Å². The third-order valence-electron chi connectivity index (χ3n) is 3.35. The number of aromatic nitrogens is 2. The van der Waals surface area contributed by atoms with Gasteiger partial charge in [0.1, 0.15) is 0 Å². The molecule has 0 radical (unpaired) electrons. The molecule has 1 aromatic rings. The molecule has 1 fully saturated rings. The van der Waals surface area contributed by atoms with Crippen LogP contribution in [-0.4, -0.2) is 16.3 Å². The second-order valence-corrected chi connectivity index (χ2v) is 5.83. The van der Waals surface area contributed by atoms with Gasteiger partial charge in [0.2, 0.25) is 0 Å². The Kier molecular flexibility index (Phi) is 3.06. The van der Waals surface area contributed by atoms with Crippen molar-refractivity contribution in [1.29, 1.82) is 0 Å². The molecular formula is C13H23N3. The minimum absolute atomic E-state index is 0.144. The maximum atomic E-state index is 4.63. The van der Waals surface area contributed by atoms with Gasteiger partial charge in [0.15, 0.2) is 0 Å². The fourth-order valence-electron chi connectivity index (χ4n) is 2.28. The van der Waals surface area contributed by atoms with Crippen LogP contribution in [0.1, 0.15) is 57.5 Å². The zero-order chi connectivity index (χ0) is 11.8. The number of aryl methyl sites for hydroxylation is 1. The molecule has 1 aliphatic rings. The van der Waals surface area contributed by atoms with E-state index < -0.39 is 0 Å². The third-order valence-corrected chi connectivity index (χ3v) is 3.35. The minimum Gasteiger partial charge on any atom is -0.309 e. The van der Waals surface area contributed by atoms with E-state index in [9.17, 15) is 0 Å². The lowest BCUT2D eigenvalue weighted by molar-refractivity contribution is 0.393. The molecule has 0 bridgehead atoms. The summed E-state index contributed by atoms with van der Waals surface area (Å²) in [4.78, 5) is 0. The lowest BCUT2D eigenvalue weighted by Crippen LogP contribution is -2.28. The van der Waals surface area contributed by atoms with Gasteiger partial charge in [0, 0.05) is 18.5 Å². The summed E-state index contributed by atoms with van der Waals surface area (Å²) in [6.45, 7) is 7.79. The Morgan fingerprint density at radius 3 is 2.62 bits per heavy atom. The van der Waals surface area contributed by atoms with Gasteiger partial charge in [-0.25, -0.2) is 0 Å². The van der Waals surface area contributed by atoms with Crippen molar-refractivity contribution >= 4 is 0 Å². The summed E-state index contributed by atoms with van der Waals surface area (Å²) < 4.78 is 2.05. The molecule has 3 nitrogen and oxygen atoms in total. The highest BCUT2D eigenvalue weighted by Crippen LogP contribution is 2.27. The first kappa shape index (κ1) is 11.6. The number of nitrogens with one attached hydrogen (secondary N) is 1. The van der Waals surface area contributed by atoms with Crippen LogP contribution in [0.3, 0.4) is 0 Å². The van der Waals surface area contributed by atoms with Gasteiger partial charge in [-0.1, -0.05) is 27.2 Å². The number of rotatable bonds is 1. The Hall–Kier alpha value is -0.830. The van der Waals surface area contributed by atoms with E-state index >= 15 is 0 Å². The zero-order valence-corrected chi connectivity index (χ0v) is 10.9. The maximum absolute atomic E-state index is 4.63. The number of piperidine rings is 1. The molecule has 1 aromatic heterocycles. The van der Waals surface area contributed by atoms with E-state index in [1.54, 1.807) is 0 Å². The van der Waals surface area contributed by atoms with Crippen molar-refractivity contribution < 1.29 is 0 Å². The lowest BCUT2D eigenvalue weighted by atomic mass is 9.91. The molecule has 1 atom stereocenters. The second-order valence-electron chi connectivity index (χ2n) is 5.83. The first-order valence-corrected chi connectivity index (χ1v) is 6.26. The summed E-state index contributed by atoms with van der Waals surface area (Å²) in [6.07, 6.45) is 3.87. The highest BCUT2D eigenvalue weighted by atomic mass is 15.3. The molecule has 2 rings (SSSR count). The first-order valence-electron chi connectivity index (χ1n) is 6.26. The molecular weight excluding hydrogens is 198 g/mol. The van der Waals surface area contributed by atoms with Crippen molar-refractivity contribution in [3.63, 3.8) is 0 Å². The first-order chi connectivity index (χ1) is 7.48. The van der Waals surface area contributed by atoms with Crippen LogP contribution in [0.15, 0.2) is 6.07 Å². The van der Waals surface area contributed by atoms with E-state index in [-0.39, 0.29) is 5.41 Å². The molecule has 0 saturated carbocycles. The molecule has 0 aliphatic carbocycles. The predicted molar refractivity (Wildman–Crippen MR) is 66.5 cm³/mol. The SMILES string of the molecule is Cn1nc(C(C)(C)C)cc1C1CCCCN1. The monoisotopic (exact) mass is 221 g/mol. The number of hydrogen-bond acceptors (Lipinski definition) is 2. The van der Waals surface area contributed by atoms with E-state index in [4.69, 9.17) is 0 Å². The number of nitrogens with zero attached hydrogens (tertiary/aromatic N) is 2. The normalized spacial score (nSPS) is 22.4. The lowest BCUT2D eigenvalue weighted by Gasteiger charge is -2.23. The quantitative estimate of drug-likeness (QED) is 0.789. The smallest absolute Gasteiger partial charge is 0.0681 e. The third kappa shape index (κ3) is 2.29. The molecule has 90 valence electrons. The Bertz CT molecular complexity index is 354. The molecule has 1 aliphatic heterocycles. The minimum atomic E-state index is 0.144. The molecule has 0 amide bonds. The summed E-state index contributed by atoms with van der Waals surface area (Å²) >= 11 is 0. The van der Waals surface area contributed by atoms with Gasteiger partial charge in [-0.05, 0) is 25.5 Å². The Morgan fingerprint density at radius 1 is 1.38 bits per heavy atom. The molecule has 16 heavy (non-hydrogen) atoms. The molecule has 1 N–H and O–H groups in total. The Labute approximate surface area is 98.2 Å². The van der Waals surface area contributed by atoms with Crippen LogP contribution >= 0.6 is 0 Å². The predicted octanol–water partition coefficient (Wildman–Crippen LogP) is 2.53. The van der Waals surface area contributed by atoms with Crippen LogP contribution < -0.4 is 5.32 Å². The average molecular weight is 221 g/mol. The van der Waals surface area contributed by atoms with Crippen LogP contribution in [0, 0.1) is 0 Å². The van der Waals surface area contributed by atoms with Gasteiger partial charge in [-0.2, -0.15) is 5.10 Å². The molecule has 0 spiro atoms. The summed E-state index contributed by atoms with van der Waals surface area (Å²) in [7, 11) is 2.06. The van der Waals surface area contributed by atoms with E-state index in [0.717, 1.165) is 6.54 Å². The average Bonchev–Trinajstić information content (AvgIpc) is 2.61. The van der Waals surface area contributed by atoms with Crippen molar-refractivity contribution in [3.8, 4) is 0 Å². The topological polar surface area (TPSA) is 29.9 Å². The van der Waals surface area contributed by atoms with Crippen LogP contribution in [0.25, 0.3) is 0 Å². The maximum Gasteiger partial charge on any atom is 0.0681 e. The van der Waals surface area contributed by atoms with Crippen molar-refractivity contribution in [2.75, 3.05) is 6.54 Å². The standard InChI is InChI=1S/C13H23N3/c1-13(2,3)12-9-11(16(4)15-12)10-7-5-6-8-14-10/h9-10,14H,5-8H2,1-4H3. The zero-order valence-electron chi connectivity index (χ0n) is 10.9. The fourth-order valence-corrected chi connectivity index (χ4v) is 2.28. The molecule has 2 heterocycles. The summed E-state index contributed by atoms with van der Waals surface area (Å²) in [5, 5.41) is 8.21. The Balaban J connectivity index is 2.24. The van der Waals surface area contributed by atoms with Gasteiger partial charge < -0.3 is 5.32 Å². The fraction of sp³-hybridized carbons (Fsp3) is 0.769. The molecule has 1 unspecified atom stereocenters. The van der Waals surface area contributed by atoms with Crippen molar-refractivity contribution in [2.45, 2.75) is 51.5 Å². The van der Waals surface area contributed by atoms with Crippen molar-refractivity contribution in [1.82, 2.24) is 15.1 Å². The number of hydrogen-bond donors (Lipinski definition) is 1. The van der Waals surface area contributed by atoms with Gasteiger partial charge in [0.25, 0.3) is 0 Å². The van der Waals surface area contributed by atoms with E-state index in [2.05, 4.69) is 44.3 Å². The van der Waals surface area contributed by atoms with Gasteiger partial charge >= 0.3 is 0 Å². The largest absolute Gasteiger partial charge is 0.309 e. The van der Waals surface area contributed by atoms with Gasteiger partial charge in [-0.3, -0.25) is 4.68 Å². The van der Waals surface area contributed by atoms with Crippen molar-refractivity contribution in [2.24, 2.45) is 7.05 Å². The highest BCUT2D eigenvalue weighted by Gasteiger charge is 2.23. The van der Waals surface area contributed by atoms with Gasteiger partial charge in [-0.15, -0.1) is 0 Å². The molecule has 1 saturated heterocycles. The van der Waals surface area contributed by atoms with Crippen LogP contribution in [0.5, 0.6) is 0 Å². The van der Waals surface area contributed by atoms with Crippen LogP contribution in [0.4, 0.5) is 0 Å². The van der Waals surface area contributed by atoms with Gasteiger partial charge in [0.05, 0.1) is 11.4 Å². The summed E-state index contributed by atoms with van der Waals surface area (Å²) in [6, 6.07) is 2.77. The molecule has 3 heteroatoms. The summed E-state index contributed by atoms with van der Waals surface area (Å²) in [5.74, 6) is 0.